The quantitative estimate of drug-likeness (QED) is 0.593. The summed E-state index contributed by atoms with van der Waals surface area (Å²) in [4.78, 5) is 11.0. The van der Waals surface area contributed by atoms with Gasteiger partial charge in [-0.3, -0.25) is 0 Å². The molecule has 4 heteroatoms. The van der Waals surface area contributed by atoms with Crippen LogP contribution in [-0.2, 0) is 9.47 Å². The van der Waals surface area contributed by atoms with Gasteiger partial charge < -0.3 is 9.47 Å². The molecule has 0 fully saturated rings. The van der Waals surface area contributed by atoms with Crippen LogP contribution in [0, 0.1) is 0 Å². The van der Waals surface area contributed by atoms with E-state index in [0.29, 0.717) is 11.6 Å². The second-order valence-corrected chi connectivity index (χ2v) is 3.82. The lowest BCUT2D eigenvalue weighted by Crippen LogP contribution is -2.12. The maximum Gasteiger partial charge on any atom is 0.508 e. The van der Waals surface area contributed by atoms with Crippen LogP contribution >= 0.6 is 11.6 Å². The number of hydrogen-bond acceptors (Lipinski definition) is 3. The Bertz CT molecular complexity index is 373. The highest BCUT2D eigenvalue weighted by molar-refractivity contribution is 6.30. The lowest BCUT2D eigenvalue weighted by atomic mass is 10.0. The molecule has 3 nitrogen and oxygen atoms in total. The Hall–Kier alpha value is -1.48. The van der Waals surface area contributed by atoms with Gasteiger partial charge in [-0.15, -0.1) is 6.58 Å². The number of hydrogen-bond donors (Lipinski definition) is 0. The van der Waals surface area contributed by atoms with E-state index in [0.717, 1.165) is 5.56 Å². The molecule has 0 aliphatic carbocycles. The Kier molecular flexibility index (Phi) is 5.57. The molecule has 0 heterocycles. The standard InChI is InChI=1S/C13H15ClO3/c1-3-10(9-17-13(15)16-4-2)11-5-7-12(14)8-6-11/h3,5-8,10H,1,4,9H2,2H3/t10-/m0/s1. The highest BCUT2D eigenvalue weighted by atomic mass is 35.5. The minimum absolute atomic E-state index is 0.0586. The largest absolute Gasteiger partial charge is 0.508 e. The van der Waals surface area contributed by atoms with Crippen LogP contribution in [0.3, 0.4) is 0 Å². The fraction of sp³-hybridized carbons (Fsp3) is 0.308. The molecule has 0 aromatic heterocycles. The molecule has 0 unspecified atom stereocenters. The predicted molar refractivity (Wildman–Crippen MR) is 67.4 cm³/mol. The van der Waals surface area contributed by atoms with Crippen LogP contribution < -0.4 is 0 Å². The number of carbonyl (C=O) groups excluding carboxylic acids is 1. The molecule has 17 heavy (non-hydrogen) atoms. The van der Waals surface area contributed by atoms with Gasteiger partial charge in [-0.05, 0) is 24.6 Å². The Morgan fingerprint density at radius 1 is 1.41 bits per heavy atom. The molecule has 1 aromatic rings. The second-order valence-electron chi connectivity index (χ2n) is 3.39. The lowest BCUT2D eigenvalue weighted by Gasteiger charge is -2.13. The summed E-state index contributed by atoms with van der Waals surface area (Å²) in [6.45, 7) is 5.96. The summed E-state index contributed by atoms with van der Waals surface area (Å²) in [5.74, 6) is -0.0586. The third kappa shape index (κ3) is 4.49. The molecule has 0 saturated heterocycles. The number of carbonyl (C=O) groups is 1. The summed E-state index contributed by atoms with van der Waals surface area (Å²) in [5, 5.41) is 0.669. The first-order chi connectivity index (χ1) is 8.17. The van der Waals surface area contributed by atoms with E-state index < -0.39 is 6.16 Å². The lowest BCUT2D eigenvalue weighted by molar-refractivity contribution is 0.0573. The van der Waals surface area contributed by atoms with Gasteiger partial charge in [-0.1, -0.05) is 29.8 Å². The molecule has 1 atom stereocenters. The van der Waals surface area contributed by atoms with E-state index in [2.05, 4.69) is 11.3 Å². The van der Waals surface area contributed by atoms with Crippen LogP contribution in [0.1, 0.15) is 18.4 Å². The van der Waals surface area contributed by atoms with Gasteiger partial charge in [-0.2, -0.15) is 0 Å². The molecule has 0 aliphatic heterocycles. The first-order valence-corrected chi connectivity index (χ1v) is 5.72. The summed E-state index contributed by atoms with van der Waals surface area (Å²) in [7, 11) is 0. The SMILES string of the molecule is C=C[C@@H](COC(=O)OCC)c1ccc(Cl)cc1. The minimum Gasteiger partial charge on any atom is -0.435 e. The first kappa shape index (κ1) is 13.6. The highest BCUT2D eigenvalue weighted by Gasteiger charge is 2.11. The van der Waals surface area contributed by atoms with Crippen molar-refractivity contribution in [2.75, 3.05) is 13.2 Å². The van der Waals surface area contributed by atoms with Crippen LogP contribution in [-0.4, -0.2) is 19.4 Å². The molecule has 0 N–H and O–H groups in total. The van der Waals surface area contributed by atoms with Gasteiger partial charge in [-0.25, -0.2) is 4.79 Å². The summed E-state index contributed by atoms with van der Waals surface area (Å²) in [6.07, 6.45) is 1.07. The average molecular weight is 255 g/mol. The van der Waals surface area contributed by atoms with Crippen LogP contribution in [0.5, 0.6) is 0 Å². The van der Waals surface area contributed by atoms with Gasteiger partial charge in [0.05, 0.1) is 6.61 Å². The normalized spacial score (nSPS) is 11.6. The third-order valence-electron chi connectivity index (χ3n) is 2.23. The average Bonchev–Trinajstić information content (AvgIpc) is 2.32. The van der Waals surface area contributed by atoms with Gasteiger partial charge in [0.25, 0.3) is 0 Å². The van der Waals surface area contributed by atoms with Crippen molar-refractivity contribution in [3.05, 3.63) is 47.5 Å². The third-order valence-corrected chi connectivity index (χ3v) is 2.48. The van der Waals surface area contributed by atoms with Gasteiger partial charge in [0.15, 0.2) is 0 Å². The van der Waals surface area contributed by atoms with Crippen LogP contribution in [0.2, 0.25) is 5.02 Å². The van der Waals surface area contributed by atoms with E-state index in [1.807, 2.05) is 12.1 Å². The van der Waals surface area contributed by atoms with Crippen molar-refractivity contribution in [1.29, 1.82) is 0 Å². The van der Waals surface area contributed by atoms with Crippen LogP contribution in [0.4, 0.5) is 4.79 Å². The van der Waals surface area contributed by atoms with Crippen molar-refractivity contribution in [2.45, 2.75) is 12.8 Å². The van der Waals surface area contributed by atoms with Crippen molar-refractivity contribution in [3.8, 4) is 0 Å². The second kappa shape index (κ2) is 6.97. The molecule has 1 aromatic carbocycles. The van der Waals surface area contributed by atoms with Crippen molar-refractivity contribution in [3.63, 3.8) is 0 Å². The van der Waals surface area contributed by atoms with Gasteiger partial charge in [0.1, 0.15) is 6.61 Å². The summed E-state index contributed by atoms with van der Waals surface area (Å²) < 4.78 is 9.63. The molecule has 0 amide bonds. The van der Waals surface area contributed by atoms with Crippen molar-refractivity contribution in [1.82, 2.24) is 0 Å². The fourth-order valence-corrected chi connectivity index (χ4v) is 1.45. The maximum absolute atomic E-state index is 11.0. The first-order valence-electron chi connectivity index (χ1n) is 5.35. The zero-order valence-electron chi connectivity index (χ0n) is 9.69. The van der Waals surface area contributed by atoms with Crippen molar-refractivity contribution in [2.24, 2.45) is 0 Å². The molecule has 0 bridgehead atoms. The van der Waals surface area contributed by atoms with Gasteiger partial charge >= 0.3 is 6.16 Å². The molecule has 0 radical (unpaired) electrons. The number of ether oxygens (including phenoxy) is 2. The Balaban J connectivity index is 2.57. The number of halogens is 1. The molecule has 0 aliphatic rings. The molecule has 92 valence electrons. The topological polar surface area (TPSA) is 35.5 Å². The van der Waals surface area contributed by atoms with E-state index in [1.54, 1.807) is 25.1 Å². The Morgan fingerprint density at radius 3 is 2.59 bits per heavy atom. The van der Waals surface area contributed by atoms with E-state index in [4.69, 9.17) is 16.3 Å². The summed E-state index contributed by atoms with van der Waals surface area (Å²) in [6, 6.07) is 7.34. The maximum atomic E-state index is 11.0. The van der Waals surface area contributed by atoms with E-state index in [1.165, 1.54) is 0 Å². The molecular weight excluding hydrogens is 240 g/mol. The van der Waals surface area contributed by atoms with Gasteiger partial charge in [0, 0.05) is 10.9 Å². The zero-order valence-corrected chi connectivity index (χ0v) is 10.4. The number of rotatable bonds is 5. The van der Waals surface area contributed by atoms with Crippen molar-refractivity contribution < 1.29 is 14.3 Å². The van der Waals surface area contributed by atoms with Crippen molar-refractivity contribution >= 4 is 17.8 Å². The van der Waals surface area contributed by atoms with E-state index in [-0.39, 0.29) is 12.5 Å². The number of benzene rings is 1. The summed E-state index contributed by atoms with van der Waals surface area (Å²) in [5.41, 5.74) is 0.994. The van der Waals surface area contributed by atoms with Crippen LogP contribution in [0.15, 0.2) is 36.9 Å². The Labute approximate surface area is 106 Å². The van der Waals surface area contributed by atoms with Crippen LogP contribution in [0.25, 0.3) is 0 Å². The smallest absolute Gasteiger partial charge is 0.435 e. The molecule has 0 saturated carbocycles. The Morgan fingerprint density at radius 2 is 2.06 bits per heavy atom. The fourth-order valence-electron chi connectivity index (χ4n) is 1.33. The monoisotopic (exact) mass is 254 g/mol. The molecule has 0 spiro atoms. The zero-order chi connectivity index (χ0) is 12.7. The van der Waals surface area contributed by atoms with E-state index >= 15 is 0 Å². The highest BCUT2D eigenvalue weighted by Crippen LogP contribution is 2.19. The predicted octanol–water partition coefficient (Wildman–Crippen LogP) is 3.78. The minimum atomic E-state index is -0.659. The molecular formula is C13H15ClO3. The van der Waals surface area contributed by atoms with Gasteiger partial charge in [0.2, 0.25) is 0 Å². The summed E-state index contributed by atoms with van der Waals surface area (Å²) >= 11 is 5.80. The molecule has 1 rings (SSSR count). The van der Waals surface area contributed by atoms with E-state index in [9.17, 15) is 4.79 Å².